The van der Waals surface area contributed by atoms with E-state index in [1.54, 1.807) is 24.3 Å². The van der Waals surface area contributed by atoms with Crippen LogP contribution in [0.3, 0.4) is 0 Å². The van der Waals surface area contributed by atoms with E-state index in [0.29, 0.717) is 0 Å². The number of nitrogens with zero attached hydrogens (tertiary/aromatic N) is 1. The molecule has 0 spiro atoms. The van der Waals surface area contributed by atoms with Crippen molar-refractivity contribution in [3.8, 4) is 5.75 Å². The predicted molar refractivity (Wildman–Crippen MR) is 112 cm³/mol. The SMILES string of the molecule is CCN(CC)c1ccc(C(c2ccccc2)c2cccc(C(=O)O)c2)c(O)c1. The first-order chi connectivity index (χ1) is 13.5. The van der Waals surface area contributed by atoms with Crippen LogP contribution in [0.25, 0.3) is 0 Å². The van der Waals surface area contributed by atoms with Crippen molar-refractivity contribution in [2.24, 2.45) is 0 Å². The Morgan fingerprint density at radius 3 is 2.18 bits per heavy atom. The number of phenolic OH excluding ortho intramolecular Hbond substituents is 1. The van der Waals surface area contributed by atoms with Crippen LogP contribution in [0.5, 0.6) is 5.75 Å². The molecule has 0 amide bonds. The van der Waals surface area contributed by atoms with E-state index in [-0.39, 0.29) is 17.2 Å². The van der Waals surface area contributed by atoms with E-state index in [9.17, 15) is 15.0 Å². The largest absolute Gasteiger partial charge is 0.508 e. The van der Waals surface area contributed by atoms with Gasteiger partial charge in [-0.15, -0.1) is 0 Å². The van der Waals surface area contributed by atoms with Crippen LogP contribution in [0.15, 0.2) is 72.8 Å². The summed E-state index contributed by atoms with van der Waals surface area (Å²) in [7, 11) is 0. The smallest absolute Gasteiger partial charge is 0.335 e. The summed E-state index contributed by atoms with van der Waals surface area (Å²) < 4.78 is 0. The normalized spacial score (nSPS) is 11.8. The number of carbonyl (C=O) groups is 1. The molecule has 144 valence electrons. The van der Waals surface area contributed by atoms with E-state index in [1.807, 2.05) is 48.5 Å². The number of benzene rings is 3. The quantitative estimate of drug-likeness (QED) is 0.563. The van der Waals surface area contributed by atoms with Gasteiger partial charge in [0, 0.05) is 36.3 Å². The lowest BCUT2D eigenvalue weighted by molar-refractivity contribution is 0.0696. The van der Waals surface area contributed by atoms with Crippen LogP contribution in [-0.4, -0.2) is 29.3 Å². The van der Waals surface area contributed by atoms with Crippen molar-refractivity contribution < 1.29 is 15.0 Å². The highest BCUT2D eigenvalue weighted by Gasteiger charge is 2.21. The average molecular weight is 375 g/mol. The van der Waals surface area contributed by atoms with Crippen LogP contribution in [0.1, 0.15) is 46.8 Å². The molecule has 0 heterocycles. The number of hydrogen-bond acceptors (Lipinski definition) is 3. The first-order valence-corrected chi connectivity index (χ1v) is 9.51. The molecule has 3 aromatic carbocycles. The molecule has 0 bridgehead atoms. The van der Waals surface area contributed by atoms with E-state index in [0.717, 1.165) is 35.5 Å². The van der Waals surface area contributed by atoms with Crippen LogP contribution in [-0.2, 0) is 0 Å². The van der Waals surface area contributed by atoms with Crippen LogP contribution < -0.4 is 4.90 Å². The van der Waals surface area contributed by atoms with Gasteiger partial charge < -0.3 is 15.1 Å². The Labute approximate surface area is 165 Å². The molecule has 0 radical (unpaired) electrons. The third kappa shape index (κ3) is 4.01. The second-order valence-corrected chi connectivity index (χ2v) is 6.69. The molecule has 4 nitrogen and oxygen atoms in total. The first-order valence-electron chi connectivity index (χ1n) is 9.51. The van der Waals surface area contributed by atoms with Gasteiger partial charge in [-0.1, -0.05) is 48.5 Å². The summed E-state index contributed by atoms with van der Waals surface area (Å²) in [5, 5.41) is 20.2. The summed E-state index contributed by atoms with van der Waals surface area (Å²) in [5.74, 6) is -1.01. The Hall–Kier alpha value is -3.27. The van der Waals surface area contributed by atoms with Gasteiger partial charge >= 0.3 is 5.97 Å². The second kappa shape index (κ2) is 8.61. The molecule has 0 fully saturated rings. The van der Waals surface area contributed by atoms with E-state index in [4.69, 9.17) is 0 Å². The van der Waals surface area contributed by atoms with Crippen molar-refractivity contribution in [2.75, 3.05) is 18.0 Å². The molecular formula is C24H25NO3. The van der Waals surface area contributed by atoms with E-state index < -0.39 is 5.97 Å². The summed E-state index contributed by atoms with van der Waals surface area (Å²) >= 11 is 0. The zero-order valence-electron chi connectivity index (χ0n) is 16.2. The van der Waals surface area contributed by atoms with Gasteiger partial charge in [0.2, 0.25) is 0 Å². The maximum atomic E-state index is 11.4. The molecule has 0 aliphatic carbocycles. The van der Waals surface area contributed by atoms with Crippen LogP contribution >= 0.6 is 0 Å². The highest BCUT2D eigenvalue weighted by atomic mass is 16.4. The summed E-state index contributed by atoms with van der Waals surface area (Å²) in [6, 6.07) is 22.5. The van der Waals surface area contributed by atoms with E-state index in [1.165, 1.54) is 0 Å². The highest BCUT2D eigenvalue weighted by Crippen LogP contribution is 2.38. The van der Waals surface area contributed by atoms with Crippen molar-refractivity contribution in [2.45, 2.75) is 19.8 Å². The molecule has 0 aliphatic rings. The van der Waals surface area contributed by atoms with Crippen molar-refractivity contribution in [3.05, 3.63) is 95.1 Å². The van der Waals surface area contributed by atoms with Gasteiger partial charge in [-0.3, -0.25) is 0 Å². The van der Waals surface area contributed by atoms with Crippen LogP contribution in [0.2, 0.25) is 0 Å². The van der Waals surface area contributed by atoms with Gasteiger partial charge in [-0.25, -0.2) is 4.79 Å². The molecule has 3 aromatic rings. The van der Waals surface area contributed by atoms with Gasteiger partial charge in [0.25, 0.3) is 0 Å². The van der Waals surface area contributed by atoms with Crippen LogP contribution in [0, 0.1) is 0 Å². The fourth-order valence-electron chi connectivity index (χ4n) is 3.61. The zero-order valence-corrected chi connectivity index (χ0v) is 16.2. The van der Waals surface area contributed by atoms with Gasteiger partial charge in [0.05, 0.1) is 5.56 Å². The number of rotatable bonds is 7. The highest BCUT2D eigenvalue weighted by molar-refractivity contribution is 5.87. The number of aromatic carboxylic acids is 1. The third-order valence-electron chi connectivity index (χ3n) is 5.05. The van der Waals surface area contributed by atoms with Crippen molar-refractivity contribution in [3.63, 3.8) is 0 Å². The van der Waals surface area contributed by atoms with E-state index >= 15 is 0 Å². The molecule has 0 aliphatic heterocycles. The van der Waals surface area contributed by atoms with Gasteiger partial charge in [-0.2, -0.15) is 0 Å². The van der Waals surface area contributed by atoms with Gasteiger partial charge in [-0.05, 0) is 43.2 Å². The minimum atomic E-state index is -0.963. The van der Waals surface area contributed by atoms with Crippen LogP contribution in [0.4, 0.5) is 5.69 Å². The maximum Gasteiger partial charge on any atom is 0.335 e. The Balaban J connectivity index is 2.13. The second-order valence-electron chi connectivity index (χ2n) is 6.69. The monoisotopic (exact) mass is 375 g/mol. The summed E-state index contributed by atoms with van der Waals surface area (Å²) in [5.41, 5.74) is 3.78. The molecule has 1 atom stereocenters. The number of carboxylic acids is 1. The van der Waals surface area contributed by atoms with Gasteiger partial charge in [0.15, 0.2) is 0 Å². The lowest BCUT2D eigenvalue weighted by atomic mass is 9.84. The Kier molecular flexibility index (Phi) is 5.99. The molecule has 0 saturated heterocycles. The molecule has 3 rings (SSSR count). The lowest BCUT2D eigenvalue weighted by Crippen LogP contribution is -2.21. The van der Waals surface area contributed by atoms with Gasteiger partial charge in [0.1, 0.15) is 5.75 Å². The molecule has 1 unspecified atom stereocenters. The minimum Gasteiger partial charge on any atom is -0.508 e. The number of aromatic hydroxyl groups is 1. The molecule has 28 heavy (non-hydrogen) atoms. The minimum absolute atomic E-state index is 0.207. The van der Waals surface area contributed by atoms with Crippen molar-refractivity contribution >= 4 is 11.7 Å². The fraction of sp³-hybridized carbons (Fsp3) is 0.208. The Morgan fingerprint density at radius 2 is 1.57 bits per heavy atom. The summed E-state index contributed by atoms with van der Waals surface area (Å²) in [4.78, 5) is 13.6. The maximum absolute atomic E-state index is 11.4. The molecule has 0 aromatic heterocycles. The predicted octanol–water partition coefficient (Wildman–Crippen LogP) is 5.12. The van der Waals surface area contributed by atoms with Crippen molar-refractivity contribution in [1.29, 1.82) is 0 Å². The average Bonchev–Trinajstić information content (AvgIpc) is 2.72. The lowest BCUT2D eigenvalue weighted by Gasteiger charge is -2.24. The summed E-state index contributed by atoms with van der Waals surface area (Å²) in [6.07, 6.45) is 0. The van der Waals surface area contributed by atoms with Crippen molar-refractivity contribution in [1.82, 2.24) is 0 Å². The standard InChI is InChI=1S/C24H25NO3/c1-3-25(4-2)20-13-14-21(22(26)16-20)23(17-9-6-5-7-10-17)18-11-8-12-19(15-18)24(27)28/h5-16,23,26H,3-4H2,1-2H3,(H,27,28). The van der Waals surface area contributed by atoms with E-state index in [2.05, 4.69) is 18.7 Å². The number of phenols is 1. The zero-order chi connectivity index (χ0) is 20.1. The summed E-state index contributed by atoms with van der Waals surface area (Å²) in [6.45, 7) is 5.88. The first kappa shape index (κ1) is 19.5. The molecule has 4 heteroatoms. The number of anilines is 1. The molecule has 0 saturated carbocycles. The Morgan fingerprint density at radius 1 is 0.893 bits per heavy atom. The third-order valence-corrected chi connectivity index (χ3v) is 5.05. The number of hydrogen-bond donors (Lipinski definition) is 2. The topological polar surface area (TPSA) is 60.8 Å². The molecular weight excluding hydrogens is 350 g/mol. The molecule has 2 N–H and O–H groups in total. The Bertz CT molecular complexity index is 949. The fourth-order valence-corrected chi connectivity index (χ4v) is 3.61. The number of carboxylic acid groups (broad SMARTS) is 1.